The highest BCUT2D eigenvalue weighted by molar-refractivity contribution is 7.92. The zero-order valence-corrected chi connectivity index (χ0v) is 13.8. The number of hydrogen-bond donors (Lipinski definition) is 2. The van der Waals surface area contributed by atoms with E-state index in [0.29, 0.717) is 5.69 Å². The van der Waals surface area contributed by atoms with Gasteiger partial charge in [-0.1, -0.05) is 18.2 Å². The van der Waals surface area contributed by atoms with Crippen LogP contribution < -0.4 is 10.0 Å². The van der Waals surface area contributed by atoms with Crippen molar-refractivity contribution in [1.29, 1.82) is 0 Å². The predicted molar refractivity (Wildman–Crippen MR) is 90.5 cm³/mol. The first-order valence-electron chi connectivity index (χ1n) is 7.20. The van der Waals surface area contributed by atoms with Gasteiger partial charge in [0, 0.05) is 17.4 Å². The van der Waals surface area contributed by atoms with Crippen molar-refractivity contribution in [3.05, 3.63) is 53.7 Å². The van der Waals surface area contributed by atoms with Crippen molar-refractivity contribution in [2.45, 2.75) is 26.8 Å². The average Bonchev–Trinajstić information content (AvgIpc) is 2.47. The lowest BCUT2D eigenvalue weighted by Crippen LogP contribution is -2.14. The highest BCUT2D eigenvalue weighted by Crippen LogP contribution is 2.20. The smallest absolute Gasteiger partial charge is 0.232 e. The number of pyridine rings is 1. The molecule has 0 unspecified atom stereocenters. The highest BCUT2D eigenvalue weighted by atomic mass is 32.2. The zero-order valence-electron chi connectivity index (χ0n) is 13.0. The second kappa shape index (κ2) is 6.79. The molecule has 0 radical (unpaired) electrons. The predicted octanol–water partition coefficient (Wildman–Crippen LogP) is 3.32. The van der Waals surface area contributed by atoms with Gasteiger partial charge in [0.15, 0.2) is 0 Å². The monoisotopic (exact) mass is 319 g/mol. The summed E-state index contributed by atoms with van der Waals surface area (Å²) in [6, 6.07) is 13.3. The van der Waals surface area contributed by atoms with E-state index in [0.717, 1.165) is 17.1 Å². The second-order valence-electron chi connectivity index (χ2n) is 5.16. The fourth-order valence-electron chi connectivity index (χ4n) is 2.02. The van der Waals surface area contributed by atoms with Gasteiger partial charge in [-0.15, -0.1) is 0 Å². The van der Waals surface area contributed by atoms with Crippen LogP contribution in [0.15, 0.2) is 42.5 Å². The normalized spacial score (nSPS) is 12.7. The highest BCUT2D eigenvalue weighted by Gasteiger charge is 2.09. The SMILES string of the molecule is CCS(=O)(=O)Nc1ccc([C@@H](C)Nc2cccc(C)n2)cc1. The second-order valence-corrected chi connectivity index (χ2v) is 7.17. The summed E-state index contributed by atoms with van der Waals surface area (Å²) >= 11 is 0. The third-order valence-electron chi connectivity index (χ3n) is 3.32. The minimum Gasteiger partial charge on any atom is -0.364 e. The van der Waals surface area contributed by atoms with Crippen LogP contribution in [-0.4, -0.2) is 19.2 Å². The molecule has 1 aromatic heterocycles. The molecule has 0 fully saturated rings. The molecular formula is C16H21N3O2S. The van der Waals surface area contributed by atoms with Gasteiger partial charge in [0.05, 0.1) is 5.75 Å². The van der Waals surface area contributed by atoms with E-state index < -0.39 is 10.0 Å². The van der Waals surface area contributed by atoms with Crippen molar-refractivity contribution in [3.8, 4) is 0 Å². The first kappa shape index (κ1) is 16.3. The number of anilines is 2. The quantitative estimate of drug-likeness (QED) is 0.857. The number of hydrogen-bond acceptors (Lipinski definition) is 4. The molecule has 2 rings (SSSR count). The van der Waals surface area contributed by atoms with E-state index in [9.17, 15) is 8.42 Å². The van der Waals surface area contributed by atoms with Gasteiger partial charge in [-0.25, -0.2) is 13.4 Å². The molecule has 6 heteroatoms. The van der Waals surface area contributed by atoms with Crippen LogP contribution in [0.2, 0.25) is 0 Å². The summed E-state index contributed by atoms with van der Waals surface area (Å²) in [6.45, 7) is 5.59. The summed E-state index contributed by atoms with van der Waals surface area (Å²) in [7, 11) is -3.23. The van der Waals surface area contributed by atoms with E-state index in [1.807, 2.05) is 44.2 Å². The summed E-state index contributed by atoms with van der Waals surface area (Å²) in [4.78, 5) is 4.41. The van der Waals surface area contributed by atoms with Gasteiger partial charge in [0.1, 0.15) is 5.82 Å². The summed E-state index contributed by atoms with van der Waals surface area (Å²) in [5, 5.41) is 3.33. The Hall–Kier alpha value is -2.08. The van der Waals surface area contributed by atoms with E-state index >= 15 is 0 Å². The Labute approximate surface area is 131 Å². The molecule has 0 aliphatic carbocycles. The first-order chi connectivity index (χ1) is 10.4. The summed E-state index contributed by atoms with van der Waals surface area (Å²) < 4.78 is 25.6. The third-order valence-corrected chi connectivity index (χ3v) is 4.62. The summed E-state index contributed by atoms with van der Waals surface area (Å²) in [5.74, 6) is 0.884. The Morgan fingerprint density at radius 3 is 2.41 bits per heavy atom. The maximum absolute atomic E-state index is 11.5. The van der Waals surface area contributed by atoms with Crippen LogP contribution in [0.3, 0.4) is 0 Å². The van der Waals surface area contributed by atoms with Crippen LogP contribution in [0.4, 0.5) is 11.5 Å². The average molecular weight is 319 g/mol. The van der Waals surface area contributed by atoms with Gasteiger partial charge in [-0.2, -0.15) is 0 Å². The van der Waals surface area contributed by atoms with E-state index in [1.165, 1.54) is 0 Å². The van der Waals surface area contributed by atoms with Gasteiger partial charge in [-0.05, 0) is 50.6 Å². The molecule has 1 atom stereocenters. The number of nitrogens with zero attached hydrogens (tertiary/aromatic N) is 1. The topological polar surface area (TPSA) is 71.1 Å². The number of benzene rings is 1. The summed E-state index contributed by atoms with van der Waals surface area (Å²) in [5.41, 5.74) is 2.59. The van der Waals surface area contributed by atoms with E-state index in [1.54, 1.807) is 19.1 Å². The maximum Gasteiger partial charge on any atom is 0.232 e. The van der Waals surface area contributed by atoms with Crippen molar-refractivity contribution in [3.63, 3.8) is 0 Å². The molecule has 1 heterocycles. The lowest BCUT2D eigenvalue weighted by Gasteiger charge is -2.16. The fourth-order valence-corrected chi connectivity index (χ4v) is 2.66. The Bertz CT molecular complexity index is 727. The standard InChI is InChI=1S/C16H21N3O2S/c1-4-22(20,21)19-15-10-8-14(9-11-15)13(3)18-16-7-5-6-12(2)17-16/h5-11,13,19H,4H2,1-3H3,(H,17,18)/t13-/m1/s1. The Balaban J connectivity index is 2.06. The van der Waals surface area contributed by atoms with Crippen molar-refractivity contribution < 1.29 is 8.42 Å². The van der Waals surface area contributed by atoms with Crippen molar-refractivity contribution in [1.82, 2.24) is 4.98 Å². The van der Waals surface area contributed by atoms with Crippen molar-refractivity contribution >= 4 is 21.5 Å². The molecule has 0 aliphatic rings. The van der Waals surface area contributed by atoms with Gasteiger partial charge in [0.2, 0.25) is 10.0 Å². The largest absolute Gasteiger partial charge is 0.364 e. The fraction of sp³-hybridized carbons (Fsp3) is 0.312. The zero-order chi connectivity index (χ0) is 16.2. The Morgan fingerprint density at radius 1 is 1.14 bits per heavy atom. The molecule has 0 aliphatic heterocycles. The van der Waals surface area contributed by atoms with E-state index in [-0.39, 0.29) is 11.8 Å². The van der Waals surface area contributed by atoms with Crippen molar-refractivity contribution in [2.24, 2.45) is 0 Å². The first-order valence-corrected chi connectivity index (χ1v) is 8.85. The minimum absolute atomic E-state index is 0.0612. The molecule has 118 valence electrons. The van der Waals surface area contributed by atoms with E-state index in [2.05, 4.69) is 15.0 Å². The van der Waals surface area contributed by atoms with Crippen LogP contribution in [0.1, 0.15) is 31.1 Å². The summed E-state index contributed by atoms with van der Waals surface area (Å²) in [6.07, 6.45) is 0. The van der Waals surface area contributed by atoms with Crippen LogP contribution in [-0.2, 0) is 10.0 Å². The molecule has 2 aromatic rings. The number of sulfonamides is 1. The molecular weight excluding hydrogens is 298 g/mol. The molecule has 0 spiro atoms. The van der Waals surface area contributed by atoms with E-state index in [4.69, 9.17) is 0 Å². The van der Waals surface area contributed by atoms with Crippen molar-refractivity contribution in [2.75, 3.05) is 15.8 Å². The molecule has 2 N–H and O–H groups in total. The number of aryl methyl sites for hydroxylation is 1. The minimum atomic E-state index is -3.23. The number of rotatable bonds is 6. The molecule has 0 saturated carbocycles. The molecule has 22 heavy (non-hydrogen) atoms. The molecule has 0 saturated heterocycles. The number of nitrogens with one attached hydrogen (secondary N) is 2. The third kappa shape index (κ3) is 4.46. The van der Waals surface area contributed by atoms with Gasteiger partial charge >= 0.3 is 0 Å². The molecule has 0 bridgehead atoms. The molecule has 1 aromatic carbocycles. The number of aromatic nitrogens is 1. The maximum atomic E-state index is 11.5. The van der Waals surface area contributed by atoms with Crippen LogP contribution >= 0.6 is 0 Å². The Kier molecular flexibility index (Phi) is 5.03. The Morgan fingerprint density at radius 2 is 1.82 bits per heavy atom. The molecule has 0 amide bonds. The lowest BCUT2D eigenvalue weighted by atomic mass is 10.1. The van der Waals surface area contributed by atoms with Gasteiger partial charge < -0.3 is 5.32 Å². The molecule has 5 nitrogen and oxygen atoms in total. The van der Waals surface area contributed by atoms with Gasteiger partial charge in [0.25, 0.3) is 0 Å². The van der Waals surface area contributed by atoms with Crippen LogP contribution in [0.5, 0.6) is 0 Å². The lowest BCUT2D eigenvalue weighted by molar-refractivity contribution is 0.602. The van der Waals surface area contributed by atoms with Crippen LogP contribution in [0.25, 0.3) is 0 Å². The van der Waals surface area contributed by atoms with Crippen LogP contribution in [0, 0.1) is 6.92 Å². The van der Waals surface area contributed by atoms with Gasteiger partial charge in [-0.3, -0.25) is 4.72 Å².